The molecule has 1 aromatic rings. The van der Waals surface area contributed by atoms with Gasteiger partial charge in [0.2, 0.25) is 0 Å². The summed E-state index contributed by atoms with van der Waals surface area (Å²) in [5, 5.41) is 41.3. The molecule has 1 aliphatic rings. The van der Waals surface area contributed by atoms with Crippen LogP contribution in [0.3, 0.4) is 0 Å². The number of aldehydes is 1. The van der Waals surface area contributed by atoms with Gasteiger partial charge in [0.1, 0.15) is 35.8 Å². The summed E-state index contributed by atoms with van der Waals surface area (Å²) in [6, 6.07) is 0. The number of ether oxygens (including phenoxy) is 1. The van der Waals surface area contributed by atoms with Crippen LogP contribution in [-0.4, -0.2) is 80.2 Å². The Labute approximate surface area is 134 Å². The highest BCUT2D eigenvalue weighted by Crippen LogP contribution is 2.23. The molecule has 6 N–H and O–H groups in total. The second kappa shape index (κ2) is 7.38. The predicted octanol–water partition coefficient (Wildman–Crippen LogP) is -2.48. The number of hydrogen-bond acceptors (Lipinski definition) is 10. The van der Waals surface area contributed by atoms with Gasteiger partial charge < -0.3 is 35.5 Å². The largest absolute Gasteiger partial charge is 0.394 e. The third-order valence-corrected chi connectivity index (χ3v) is 4.00. The molecule has 1 saturated heterocycles. The number of anilines is 1. The Morgan fingerprint density at radius 3 is 2.61 bits per heavy atom. The van der Waals surface area contributed by atoms with E-state index in [-0.39, 0.29) is 16.5 Å². The van der Waals surface area contributed by atoms with E-state index in [2.05, 4.69) is 15.3 Å². The molecule has 5 atom stereocenters. The van der Waals surface area contributed by atoms with Crippen LogP contribution in [0.4, 0.5) is 5.82 Å². The maximum absolute atomic E-state index is 11.8. The number of nitrogens with one attached hydrogen (secondary N) is 2. The summed E-state index contributed by atoms with van der Waals surface area (Å²) in [4.78, 5) is 29.3. The molecular weight excluding hydrogens is 330 g/mol. The van der Waals surface area contributed by atoms with Crippen molar-refractivity contribution in [2.45, 2.75) is 35.8 Å². The normalized spacial score (nSPS) is 30.9. The second-order valence-corrected chi connectivity index (χ2v) is 5.64. The lowest BCUT2D eigenvalue weighted by atomic mass is 9.98. The van der Waals surface area contributed by atoms with E-state index in [0.717, 1.165) is 11.8 Å². The second-order valence-electron chi connectivity index (χ2n) is 4.85. The van der Waals surface area contributed by atoms with E-state index < -0.39 is 42.8 Å². The molecule has 128 valence electrons. The van der Waals surface area contributed by atoms with Crippen molar-refractivity contribution in [1.29, 1.82) is 0 Å². The van der Waals surface area contributed by atoms with Crippen LogP contribution in [0.1, 0.15) is 10.4 Å². The first-order chi connectivity index (χ1) is 10.9. The van der Waals surface area contributed by atoms with Gasteiger partial charge in [0.05, 0.1) is 6.61 Å². The molecule has 10 nitrogen and oxygen atoms in total. The molecule has 5 unspecified atom stereocenters. The number of nitrogens with zero attached hydrogens (tertiary/aromatic N) is 1. The number of rotatable bonds is 5. The molecule has 11 heteroatoms. The zero-order chi connectivity index (χ0) is 17.1. The van der Waals surface area contributed by atoms with Gasteiger partial charge in [0.25, 0.3) is 5.56 Å². The quantitative estimate of drug-likeness (QED) is 0.191. The van der Waals surface area contributed by atoms with E-state index in [1.54, 1.807) is 6.26 Å². The number of aliphatic hydroxyl groups is 4. The Morgan fingerprint density at radius 2 is 2.04 bits per heavy atom. The molecule has 1 aliphatic heterocycles. The lowest BCUT2D eigenvalue weighted by molar-refractivity contribution is -0.221. The van der Waals surface area contributed by atoms with Crippen LogP contribution in [0.25, 0.3) is 0 Å². The summed E-state index contributed by atoms with van der Waals surface area (Å²) < 4.78 is 5.25. The Kier molecular flexibility index (Phi) is 5.73. The number of hydrogen-bond donors (Lipinski definition) is 6. The van der Waals surface area contributed by atoms with Gasteiger partial charge in [-0.1, -0.05) is 11.8 Å². The molecule has 2 rings (SSSR count). The van der Waals surface area contributed by atoms with Gasteiger partial charge in [-0.05, 0) is 6.26 Å². The maximum atomic E-state index is 11.8. The molecule has 0 radical (unpaired) electrons. The van der Waals surface area contributed by atoms with Crippen molar-refractivity contribution >= 4 is 23.9 Å². The van der Waals surface area contributed by atoms with Crippen LogP contribution < -0.4 is 10.9 Å². The van der Waals surface area contributed by atoms with Crippen molar-refractivity contribution < 1.29 is 30.0 Å². The summed E-state index contributed by atoms with van der Waals surface area (Å²) in [6.45, 7) is -0.595. The average Bonchev–Trinajstić information content (AvgIpc) is 2.54. The molecule has 0 bridgehead atoms. The van der Waals surface area contributed by atoms with Gasteiger partial charge in [-0.25, -0.2) is 4.98 Å². The Bertz CT molecular complexity index is 623. The lowest BCUT2D eigenvalue weighted by Gasteiger charge is -2.40. The molecule has 0 saturated carbocycles. The number of aromatic amines is 1. The van der Waals surface area contributed by atoms with Crippen molar-refractivity contribution in [1.82, 2.24) is 9.97 Å². The summed E-state index contributed by atoms with van der Waals surface area (Å²) in [7, 11) is 0. The standard InChI is InChI=1S/C12H17N3O7S/c1-23-12-14-9(4(2-16)10(21)15-12)13-11-8(20)7(19)6(18)5(3-17)22-11/h2,5-8,11,17-20H,3H2,1H3,(H2,13,14,15,21). The minimum Gasteiger partial charge on any atom is -0.394 e. The van der Waals surface area contributed by atoms with Gasteiger partial charge in [-0.2, -0.15) is 0 Å². The van der Waals surface area contributed by atoms with Crippen LogP contribution in [0.2, 0.25) is 0 Å². The van der Waals surface area contributed by atoms with E-state index in [0.29, 0.717) is 6.29 Å². The molecule has 23 heavy (non-hydrogen) atoms. The first kappa shape index (κ1) is 17.8. The van der Waals surface area contributed by atoms with Crippen molar-refractivity contribution in [2.75, 3.05) is 18.2 Å². The Morgan fingerprint density at radius 1 is 1.35 bits per heavy atom. The summed E-state index contributed by atoms with van der Waals surface area (Å²) in [5.41, 5.74) is -0.980. The first-order valence-corrected chi connectivity index (χ1v) is 7.86. The van der Waals surface area contributed by atoms with Crippen LogP contribution >= 0.6 is 11.8 Å². The number of thioether (sulfide) groups is 1. The predicted molar refractivity (Wildman–Crippen MR) is 79.4 cm³/mol. The van der Waals surface area contributed by atoms with Gasteiger partial charge in [0.15, 0.2) is 17.7 Å². The highest BCUT2D eigenvalue weighted by atomic mass is 32.2. The summed E-state index contributed by atoms with van der Waals surface area (Å²) in [5.74, 6) is -0.141. The third kappa shape index (κ3) is 3.54. The summed E-state index contributed by atoms with van der Waals surface area (Å²) >= 11 is 1.13. The molecule has 0 aromatic carbocycles. The number of aromatic nitrogens is 2. The smallest absolute Gasteiger partial charge is 0.264 e. The fraction of sp³-hybridized carbons (Fsp3) is 0.583. The first-order valence-electron chi connectivity index (χ1n) is 6.63. The van der Waals surface area contributed by atoms with Gasteiger partial charge >= 0.3 is 0 Å². The molecule has 0 spiro atoms. The van der Waals surface area contributed by atoms with Crippen molar-refractivity contribution in [3.63, 3.8) is 0 Å². The maximum Gasteiger partial charge on any atom is 0.264 e. The van der Waals surface area contributed by atoms with E-state index >= 15 is 0 Å². The van der Waals surface area contributed by atoms with E-state index in [4.69, 9.17) is 9.84 Å². The topological polar surface area (TPSA) is 165 Å². The van der Waals surface area contributed by atoms with Crippen LogP contribution in [-0.2, 0) is 4.74 Å². The van der Waals surface area contributed by atoms with Crippen LogP contribution in [0, 0.1) is 0 Å². The van der Waals surface area contributed by atoms with Crippen molar-refractivity contribution in [3.05, 3.63) is 15.9 Å². The molecular formula is C12H17N3O7S. The zero-order valence-corrected chi connectivity index (χ0v) is 12.9. The molecule has 2 heterocycles. The monoisotopic (exact) mass is 347 g/mol. The molecule has 0 amide bonds. The highest BCUT2D eigenvalue weighted by molar-refractivity contribution is 7.98. The fourth-order valence-electron chi connectivity index (χ4n) is 2.13. The lowest BCUT2D eigenvalue weighted by Crippen LogP contribution is -2.60. The van der Waals surface area contributed by atoms with Crippen molar-refractivity contribution in [2.24, 2.45) is 0 Å². The summed E-state index contributed by atoms with van der Waals surface area (Å²) in [6.07, 6.45) is -5.10. The Hall–Kier alpha value is -1.50. The number of aliphatic hydroxyl groups excluding tert-OH is 4. The van der Waals surface area contributed by atoms with Crippen molar-refractivity contribution in [3.8, 4) is 0 Å². The molecule has 0 aliphatic carbocycles. The molecule has 1 fully saturated rings. The van der Waals surface area contributed by atoms with E-state index in [1.807, 2.05) is 0 Å². The molecule has 1 aromatic heterocycles. The van der Waals surface area contributed by atoms with Gasteiger partial charge in [-0.3, -0.25) is 9.59 Å². The average molecular weight is 347 g/mol. The highest BCUT2D eigenvalue weighted by Gasteiger charge is 2.43. The minimum absolute atomic E-state index is 0.141. The van der Waals surface area contributed by atoms with E-state index in [1.165, 1.54) is 0 Å². The van der Waals surface area contributed by atoms with Gasteiger partial charge in [0, 0.05) is 0 Å². The SMILES string of the molecule is CSc1nc(NC2OC(CO)C(O)C(O)C2O)c(C=O)c(=O)[nH]1. The Balaban J connectivity index is 2.32. The van der Waals surface area contributed by atoms with Crippen LogP contribution in [0.5, 0.6) is 0 Å². The number of carbonyl (C=O) groups is 1. The third-order valence-electron chi connectivity index (χ3n) is 3.42. The van der Waals surface area contributed by atoms with E-state index in [9.17, 15) is 24.9 Å². The fourth-order valence-corrected chi connectivity index (χ4v) is 2.51. The minimum atomic E-state index is -1.58. The number of H-pyrrole nitrogens is 1. The van der Waals surface area contributed by atoms with Gasteiger partial charge in [-0.15, -0.1) is 0 Å². The number of carbonyl (C=O) groups excluding carboxylic acids is 1. The zero-order valence-electron chi connectivity index (χ0n) is 12.0. The van der Waals surface area contributed by atoms with Crippen LogP contribution in [0.15, 0.2) is 9.95 Å².